The summed E-state index contributed by atoms with van der Waals surface area (Å²) in [5.41, 5.74) is 0. The highest BCUT2D eigenvalue weighted by Gasteiger charge is 2.26. The van der Waals surface area contributed by atoms with Crippen LogP contribution in [0.4, 0.5) is 0 Å². The lowest BCUT2D eigenvalue weighted by Crippen LogP contribution is -2.51. The molecule has 2 rings (SSSR count). The maximum atomic E-state index is 12.1. The standard InChI is InChI=1S/C18H35N3O2/c1-15(2)20-7-5-17(6-8-20)13-19-9-11-21(12-10-19)18(22)14-23-16(3)4/h15-17H,5-14H2,1-4H3. The van der Waals surface area contributed by atoms with E-state index in [0.717, 1.165) is 32.1 Å². The molecule has 2 aliphatic rings. The molecule has 2 aliphatic heterocycles. The summed E-state index contributed by atoms with van der Waals surface area (Å²) in [6, 6.07) is 0.679. The maximum Gasteiger partial charge on any atom is 0.248 e. The van der Waals surface area contributed by atoms with Gasteiger partial charge in [0.15, 0.2) is 0 Å². The van der Waals surface area contributed by atoms with Crippen molar-refractivity contribution in [2.24, 2.45) is 5.92 Å². The Balaban J connectivity index is 1.64. The molecule has 0 aliphatic carbocycles. The van der Waals surface area contributed by atoms with E-state index in [9.17, 15) is 4.79 Å². The van der Waals surface area contributed by atoms with Crippen molar-refractivity contribution < 1.29 is 9.53 Å². The smallest absolute Gasteiger partial charge is 0.248 e. The second-order valence-corrected chi connectivity index (χ2v) is 7.61. The van der Waals surface area contributed by atoms with Gasteiger partial charge in [-0.05, 0) is 59.5 Å². The highest BCUT2D eigenvalue weighted by atomic mass is 16.5. The Kier molecular flexibility index (Phi) is 7.31. The lowest BCUT2D eigenvalue weighted by atomic mass is 9.95. The predicted octanol–water partition coefficient (Wildman–Crippen LogP) is 1.68. The molecule has 1 amide bonds. The molecule has 5 heteroatoms. The topological polar surface area (TPSA) is 36.0 Å². The van der Waals surface area contributed by atoms with Crippen molar-refractivity contribution in [3.63, 3.8) is 0 Å². The number of carbonyl (C=O) groups excluding carboxylic acids is 1. The van der Waals surface area contributed by atoms with Crippen molar-refractivity contribution >= 4 is 5.91 Å². The van der Waals surface area contributed by atoms with Crippen LogP contribution in [0.5, 0.6) is 0 Å². The van der Waals surface area contributed by atoms with Gasteiger partial charge in [-0.25, -0.2) is 0 Å². The van der Waals surface area contributed by atoms with Gasteiger partial charge in [-0.3, -0.25) is 9.69 Å². The molecule has 0 bridgehead atoms. The summed E-state index contributed by atoms with van der Waals surface area (Å²) in [5.74, 6) is 0.972. The molecule has 134 valence electrons. The van der Waals surface area contributed by atoms with Gasteiger partial charge in [0.05, 0.1) is 6.10 Å². The zero-order valence-corrected chi connectivity index (χ0v) is 15.5. The van der Waals surface area contributed by atoms with E-state index in [1.54, 1.807) is 0 Å². The Labute approximate surface area is 141 Å². The van der Waals surface area contributed by atoms with Crippen LogP contribution in [0.1, 0.15) is 40.5 Å². The van der Waals surface area contributed by atoms with Crippen LogP contribution in [0, 0.1) is 5.92 Å². The summed E-state index contributed by atoms with van der Waals surface area (Å²) >= 11 is 0. The van der Waals surface area contributed by atoms with Crippen LogP contribution in [0.2, 0.25) is 0 Å². The van der Waals surface area contributed by atoms with Gasteiger partial charge in [0.1, 0.15) is 6.61 Å². The first-order valence-corrected chi connectivity index (χ1v) is 9.31. The molecule has 0 saturated carbocycles. The zero-order valence-electron chi connectivity index (χ0n) is 15.5. The molecule has 2 heterocycles. The SMILES string of the molecule is CC(C)OCC(=O)N1CCN(CC2CCN(C(C)C)CC2)CC1. The zero-order chi connectivity index (χ0) is 16.8. The Morgan fingerprint density at radius 1 is 1.00 bits per heavy atom. The highest BCUT2D eigenvalue weighted by Crippen LogP contribution is 2.20. The Morgan fingerprint density at radius 2 is 1.61 bits per heavy atom. The fourth-order valence-electron chi connectivity index (χ4n) is 3.53. The Bertz CT molecular complexity index is 357. The van der Waals surface area contributed by atoms with Crippen LogP contribution < -0.4 is 0 Å². The fraction of sp³-hybridized carbons (Fsp3) is 0.944. The van der Waals surface area contributed by atoms with Gasteiger partial charge in [-0.15, -0.1) is 0 Å². The minimum atomic E-state index is 0.122. The van der Waals surface area contributed by atoms with Gasteiger partial charge in [0, 0.05) is 38.8 Å². The number of carbonyl (C=O) groups is 1. The van der Waals surface area contributed by atoms with Crippen molar-refractivity contribution in [2.45, 2.75) is 52.7 Å². The number of hydrogen-bond donors (Lipinski definition) is 0. The van der Waals surface area contributed by atoms with E-state index in [-0.39, 0.29) is 18.6 Å². The summed E-state index contributed by atoms with van der Waals surface area (Å²) in [4.78, 5) is 19.2. The van der Waals surface area contributed by atoms with E-state index in [4.69, 9.17) is 4.74 Å². The largest absolute Gasteiger partial charge is 0.369 e. The first-order valence-electron chi connectivity index (χ1n) is 9.31. The first-order chi connectivity index (χ1) is 11.0. The van der Waals surface area contributed by atoms with Crippen LogP contribution in [0.3, 0.4) is 0 Å². The van der Waals surface area contributed by atoms with E-state index < -0.39 is 0 Å². The van der Waals surface area contributed by atoms with Crippen LogP contribution in [-0.4, -0.2) is 85.2 Å². The average molecular weight is 325 g/mol. The molecular weight excluding hydrogens is 290 g/mol. The lowest BCUT2D eigenvalue weighted by Gasteiger charge is -2.39. The van der Waals surface area contributed by atoms with Crippen molar-refractivity contribution in [2.75, 3.05) is 52.4 Å². The number of piperidine rings is 1. The summed E-state index contributed by atoms with van der Waals surface area (Å²) in [6.45, 7) is 16.2. The number of piperazine rings is 1. The summed E-state index contributed by atoms with van der Waals surface area (Å²) in [6.07, 6.45) is 2.76. The van der Waals surface area contributed by atoms with Crippen LogP contribution in [-0.2, 0) is 9.53 Å². The second-order valence-electron chi connectivity index (χ2n) is 7.61. The minimum Gasteiger partial charge on any atom is -0.369 e. The number of nitrogens with zero attached hydrogens (tertiary/aromatic N) is 3. The van der Waals surface area contributed by atoms with Gasteiger partial charge >= 0.3 is 0 Å². The molecule has 2 saturated heterocycles. The number of likely N-dealkylation sites (tertiary alicyclic amines) is 1. The van der Waals surface area contributed by atoms with Crippen molar-refractivity contribution in [3.05, 3.63) is 0 Å². The predicted molar refractivity (Wildman–Crippen MR) is 93.5 cm³/mol. The normalized spacial score (nSPS) is 22.3. The molecule has 0 N–H and O–H groups in total. The first kappa shape index (κ1) is 18.7. The number of rotatable bonds is 6. The molecule has 5 nitrogen and oxygen atoms in total. The van der Waals surface area contributed by atoms with Crippen LogP contribution in [0.25, 0.3) is 0 Å². The molecule has 0 aromatic rings. The minimum absolute atomic E-state index is 0.122. The van der Waals surface area contributed by atoms with Gasteiger partial charge in [-0.1, -0.05) is 0 Å². The quantitative estimate of drug-likeness (QED) is 0.744. The molecular formula is C18H35N3O2. The molecule has 0 aromatic carbocycles. The molecule has 0 unspecified atom stereocenters. The summed E-state index contributed by atoms with van der Waals surface area (Å²) in [7, 11) is 0. The third-order valence-corrected chi connectivity index (χ3v) is 5.16. The van der Waals surface area contributed by atoms with Crippen LogP contribution >= 0.6 is 0 Å². The number of ether oxygens (including phenoxy) is 1. The van der Waals surface area contributed by atoms with E-state index in [1.807, 2.05) is 18.7 Å². The third kappa shape index (κ3) is 6.05. The van der Waals surface area contributed by atoms with E-state index in [2.05, 4.69) is 23.6 Å². The highest BCUT2D eigenvalue weighted by molar-refractivity contribution is 5.77. The summed E-state index contributed by atoms with van der Waals surface area (Å²) in [5, 5.41) is 0. The fourth-order valence-corrected chi connectivity index (χ4v) is 3.53. The number of amides is 1. The van der Waals surface area contributed by atoms with Crippen molar-refractivity contribution in [1.29, 1.82) is 0 Å². The lowest BCUT2D eigenvalue weighted by molar-refractivity contribution is -0.139. The van der Waals surface area contributed by atoms with Crippen molar-refractivity contribution in [1.82, 2.24) is 14.7 Å². The van der Waals surface area contributed by atoms with E-state index >= 15 is 0 Å². The molecule has 2 fully saturated rings. The molecule has 0 aromatic heterocycles. The second kappa shape index (κ2) is 9.00. The molecule has 0 radical (unpaired) electrons. The van der Waals surface area contributed by atoms with Crippen LogP contribution in [0.15, 0.2) is 0 Å². The molecule has 0 atom stereocenters. The van der Waals surface area contributed by atoms with Gasteiger partial charge in [0.25, 0.3) is 0 Å². The monoisotopic (exact) mass is 325 g/mol. The summed E-state index contributed by atoms with van der Waals surface area (Å²) < 4.78 is 5.43. The average Bonchev–Trinajstić information content (AvgIpc) is 2.54. The number of hydrogen-bond acceptors (Lipinski definition) is 4. The van der Waals surface area contributed by atoms with Gasteiger partial charge in [-0.2, -0.15) is 0 Å². The Hall–Kier alpha value is -0.650. The van der Waals surface area contributed by atoms with Gasteiger partial charge in [0.2, 0.25) is 5.91 Å². The van der Waals surface area contributed by atoms with E-state index in [0.29, 0.717) is 6.04 Å². The van der Waals surface area contributed by atoms with Crippen molar-refractivity contribution in [3.8, 4) is 0 Å². The third-order valence-electron chi connectivity index (χ3n) is 5.16. The van der Waals surface area contributed by atoms with E-state index in [1.165, 1.54) is 32.5 Å². The van der Waals surface area contributed by atoms with Gasteiger partial charge < -0.3 is 14.5 Å². The molecule has 23 heavy (non-hydrogen) atoms. The molecule has 0 spiro atoms. The Morgan fingerprint density at radius 3 is 2.13 bits per heavy atom. The maximum absolute atomic E-state index is 12.1.